The summed E-state index contributed by atoms with van der Waals surface area (Å²) in [5.74, 6) is 0.699. The van der Waals surface area contributed by atoms with Crippen LogP contribution in [-0.2, 0) is 0 Å². The highest BCUT2D eigenvalue weighted by atomic mass is 32.2. The Labute approximate surface area is 166 Å². The summed E-state index contributed by atoms with van der Waals surface area (Å²) >= 11 is 1.67. The van der Waals surface area contributed by atoms with Gasteiger partial charge in [0, 0.05) is 6.20 Å². The van der Waals surface area contributed by atoms with Gasteiger partial charge in [0.25, 0.3) is 0 Å². The zero-order chi connectivity index (χ0) is 18.9. The summed E-state index contributed by atoms with van der Waals surface area (Å²) in [6.07, 6.45) is 7.10. The number of pyridine rings is 1. The number of aromatic amines is 1. The van der Waals surface area contributed by atoms with Crippen molar-refractivity contribution in [3.05, 3.63) is 72.7 Å². The van der Waals surface area contributed by atoms with Gasteiger partial charge in [-0.25, -0.2) is 15.0 Å². The number of para-hydroxylation sites is 1. The monoisotopic (exact) mass is 387 g/mol. The van der Waals surface area contributed by atoms with Crippen molar-refractivity contribution in [1.29, 1.82) is 0 Å². The molecule has 3 aromatic heterocycles. The molecule has 28 heavy (non-hydrogen) atoms. The molecule has 1 atom stereocenters. The van der Waals surface area contributed by atoms with Crippen molar-refractivity contribution in [2.45, 2.75) is 17.9 Å². The molecule has 138 valence electrons. The normalized spacial score (nSPS) is 14.5. The fraction of sp³-hybridized carbons (Fsp3) is 0.100. The lowest BCUT2D eigenvalue weighted by Crippen LogP contribution is -2.30. The molecule has 1 aromatic carbocycles. The highest BCUT2D eigenvalue weighted by molar-refractivity contribution is 8.01. The van der Waals surface area contributed by atoms with Crippen molar-refractivity contribution in [1.82, 2.24) is 24.9 Å². The molecule has 0 saturated heterocycles. The van der Waals surface area contributed by atoms with Crippen LogP contribution in [0.4, 0.5) is 11.5 Å². The predicted octanol–water partition coefficient (Wildman–Crippen LogP) is 4.12. The molecule has 4 heterocycles. The van der Waals surface area contributed by atoms with Crippen molar-refractivity contribution in [2.24, 2.45) is 0 Å². The second kappa shape index (κ2) is 6.97. The highest BCUT2D eigenvalue weighted by Crippen LogP contribution is 2.40. The molecule has 2 N–H and O–H groups in total. The Balaban J connectivity index is 1.54. The first-order valence-corrected chi connectivity index (χ1v) is 9.67. The van der Waals surface area contributed by atoms with Gasteiger partial charge in [-0.15, -0.1) is 0 Å². The second-order valence-electron chi connectivity index (χ2n) is 6.37. The Morgan fingerprint density at radius 1 is 1.04 bits per heavy atom. The molecule has 7 nitrogen and oxygen atoms in total. The molecule has 0 amide bonds. The standard InChI is InChI=1S/C20H17N7S/c1-13(26-20-18-19(23-11-22-18)24-12-25-20)16-10-15-17(8-5-9-21-15)28-27(16)14-6-3-2-4-7-14/h2-13H,1H3,(H2,22,23,24,25,26). The first kappa shape index (κ1) is 16.8. The van der Waals surface area contributed by atoms with E-state index in [1.165, 1.54) is 6.33 Å². The highest BCUT2D eigenvalue weighted by Gasteiger charge is 2.26. The molecule has 1 unspecified atom stereocenters. The van der Waals surface area contributed by atoms with E-state index in [2.05, 4.69) is 65.7 Å². The Bertz CT molecular complexity index is 1160. The zero-order valence-corrected chi connectivity index (χ0v) is 15.9. The van der Waals surface area contributed by atoms with Crippen LogP contribution in [0.1, 0.15) is 12.6 Å². The van der Waals surface area contributed by atoms with Crippen LogP contribution in [0.15, 0.2) is 71.9 Å². The molecule has 8 heteroatoms. The van der Waals surface area contributed by atoms with E-state index in [-0.39, 0.29) is 6.04 Å². The number of H-pyrrole nitrogens is 1. The van der Waals surface area contributed by atoms with Crippen LogP contribution in [0.25, 0.3) is 17.2 Å². The van der Waals surface area contributed by atoms with E-state index in [4.69, 9.17) is 0 Å². The fourth-order valence-electron chi connectivity index (χ4n) is 3.15. The lowest BCUT2D eigenvalue weighted by molar-refractivity contribution is 0.898. The van der Waals surface area contributed by atoms with Crippen LogP contribution >= 0.6 is 11.9 Å². The van der Waals surface area contributed by atoms with E-state index in [0.717, 1.165) is 27.5 Å². The Hall–Kier alpha value is -3.39. The minimum absolute atomic E-state index is 0.0299. The van der Waals surface area contributed by atoms with Gasteiger partial charge in [0.05, 0.1) is 34.3 Å². The number of benzene rings is 1. The molecule has 1 aliphatic rings. The predicted molar refractivity (Wildman–Crippen MR) is 112 cm³/mol. The van der Waals surface area contributed by atoms with Gasteiger partial charge in [-0.1, -0.05) is 18.2 Å². The van der Waals surface area contributed by atoms with Gasteiger partial charge in [-0.05, 0) is 49.2 Å². The van der Waals surface area contributed by atoms with E-state index < -0.39 is 0 Å². The fourth-order valence-corrected chi connectivity index (χ4v) is 4.24. The quantitative estimate of drug-likeness (QED) is 0.510. The van der Waals surface area contributed by atoms with Gasteiger partial charge in [-0.2, -0.15) is 0 Å². The van der Waals surface area contributed by atoms with E-state index in [1.807, 2.05) is 30.5 Å². The van der Waals surface area contributed by atoms with Gasteiger partial charge in [0.2, 0.25) is 0 Å². The topological polar surface area (TPSA) is 82.6 Å². The zero-order valence-electron chi connectivity index (χ0n) is 15.1. The number of nitrogens with one attached hydrogen (secondary N) is 2. The third-order valence-corrected chi connectivity index (χ3v) is 5.66. The lowest BCUT2D eigenvalue weighted by Gasteiger charge is -2.33. The van der Waals surface area contributed by atoms with Crippen LogP contribution in [0.5, 0.6) is 0 Å². The number of nitrogens with zero attached hydrogens (tertiary/aromatic N) is 5. The SMILES string of the molecule is CC(Nc1ncnc2[nH]cnc12)C1=Cc2ncccc2SN1c1ccccc1. The molecule has 1 aliphatic heterocycles. The molecule has 0 bridgehead atoms. The summed E-state index contributed by atoms with van der Waals surface area (Å²) in [6, 6.07) is 14.3. The summed E-state index contributed by atoms with van der Waals surface area (Å²) in [7, 11) is 0. The van der Waals surface area contributed by atoms with Crippen molar-refractivity contribution in [3.8, 4) is 0 Å². The minimum atomic E-state index is -0.0299. The summed E-state index contributed by atoms with van der Waals surface area (Å²) < 4.78 is 2.23. The summed E-state index contributed by atoms with van der Waals surface area (Å²) in [5, 5.41) is 3.49. The summed E-state index contributed by atoms with van der Waals surface area (Å²) in [6.45, 7) is 2.11. The lowest BCUT2D eigenvalue weighted by atomic mass is 10.1. The number of anilines is 2. The third kappa shape index (κ3) is 2.97. The third-order valence-electron chi connectivity index (χ3n) is 4.51. The smallest absolute Gasteiger partial charge is 0.162 e. The molecular weight excluding hydrogens is 370 g/mol. The van der Waals surface area contributed by atoms with Gasteiger partial charge < -0.3 is 10.3 Å². The van der Waals surface area contributed by atoms with Crippen LogP contribution in [0.3, 0.4) is 0 Å². The number of rotatable bonds is 4. The Kier molecular flexibility index (Phi) is 4.17. The molecule has 0 aliphatic carbocycles. The largest absolute Gasteiger partial charge is 0.360 e. The average molecular weight is 387 g/mol. The maximum absolute atomic E-state index is 4.53. The molecule has 0 fully saturated rings. The maximum atomic E-state index is 4.53. The van der Waals surface area contributed by atoms with E-state index in [9.17, 15) is 0 Å². The number of hydrogen-bond acceptors (Lipinski definition) is 7. The molecule has 0 spiro atoms. The van der Waals surface area contributed by atoms with Crippen molar-refractivity contribution in [3.63, 3.8) is 0 Å². The average Bonchev–Trinajstić information content (AvgIpc) is 3.23. The van der Waals surface area contributed by atoms with Crippen LogP contribution in [0.2, 0.25) is 0 Å². The number of hydrogen-bond donors (Lipinski definition) is 2. The minimum Gasteiger partial charge on any atom is -0.360 e. The van der Waals surface area contributed by atoms with E-state index in [0.29, 0.717) is 11.5 Å². The molecule has 0 saturated carbocycles. The molecular formula is C20H17N7S. The molecule has 4 aromatic rings. The van der Waals surface area contributed by atoms with Crippen LogP contribution < -0.4 is 9.62 Å². The Morgan fingerprint density at radius 2 is 1.93 bits per heavy atom. The molecule has 5 rings (SSSR count). The van der Waals surface area contributed by atoms with Crippen molar-refractivity contribution >= 4 is 40.7 Å². The maximum Gasteiger partial charge on any atom is 0.162 e. The summed E-state index contributed by atoms with van der Waals surface area (Å²) in [5.41, 5.74) is 4.60. The van der Waals surface area contributed by atoms with Gasteiger partial charge in [0.1, 0.15) is 11.8 Å². The van der Waals surface area contributed by atoms with Crippen molar-refractivity contribution in [2.75, 3.05) is 9.62 Å². The Morgan fingerprint density at radius 3 is 2.82 bits per heavy atom. The van der Waals surface area contributed by atoms with Crippen LogP contribution in [-0.4, -0.2) is 31.0 Å². The number of imidazole rings is 1. The molecule has 0 radical (unpaired) electrons. The number of fused-ring (bicyclic) bond motifs is 2. The van der Waals surface area contributed by atoms with Gasteiger partial charge >= 0.3 is 0 Å². The number of aromatic nitrogens is 5. The van der Waals surface area contributed by atoms with Crippen LogP contribution in [0, 0.1) is 0 Å². The van der Waals surface area contributed by atoms with Gasteiger partial charge in [0.15, 0.2) is 11.5 Å². The first-order valence-electron chi connectivity index (χ1n) is 8.90. The van der Waals surface area contributed by atoms with E-state index in [1.54, 1.807) is 18.3 Å². The first-order chi connectivity index (χ1) is 13.8. The second-order valence-corrected chi connectivity index (χ2v) is 7.35. The van der Waals surface area contributed by atoms with Crippen molar-refractivity contribution < 1.29 is 0 Å². The summed E-state index contributed by atoms with van der Waals surface area (Å²) in [4.78, 5) is 21.6. The van der Waals surface area contributed by atoms with E-state index >= 15 is 0 Å². The van der Waals surface area contributed by atoms with Gasteiger partial charge in [-0.3, -0.25) is 9.29 Å².